The van der Waals surface area contributed by atoms with Crippen molar-refractivity contribution in [3.63, 3.8) is 0 Å². The number of aliphatic imine (C=N–C) groups is 1. The van der Waals surface area contributed by atoms with Gasteiger partial charge in [-0.3, -0.25) is 9.69 Å². The number of allylic oxidation sites excluding steroid dienone is 1. The summed E-state index contributed by atoms with van der Waals surface area (Å²) in [5.41, 5.74) is 1.78. The monoisotopic (exact) mass is 364 g/mol. The van der Waals surface area contributed by atoms with E-state index in [2.05, 4.69) is 4.99 Å². The fourth-order valence-electron chi connectivity index (χ4n) is 2.83. The maximum atomic E-state index is 12.6. The minimum atomic E-state index is -0.543. The molecule has 5 nitrogen and oxygen atoms in total. The molecular formula is C17H17ClN2O3S. The van der Waals surface area contributed by atoms with E-state index >= 15 is 0 Å². The van der Waals surface area contributed by atoms with Crippen molar-refractivity contribution < 1.29 is 14.3 Å². The number of hydrogen-bond donors (Lipinski definition) is 0. The summed E-state index contributed by atoms with van der Waals surface area (Å²) < 4.78 is 5.20. The Balaban J connectivity index is 2.14. The molecule has 2 aliphatic rings. The lowest BCUT2D eigenvalue weighted by molar-refractivity contribution is -0.139. The molecular weight excluding hydrogens is 348 g/mol. The Bertz CT molecular complexity index is 758. The summed E-state index contributed by atoms with van der Waals surface area (Å²) in [6.45, 7) is 5.62. The molecule has 0 radical (unpaired) electrons. The van der Waals surface area contributed by atoms with Crippen LogP contribution >= 0.6 is 23.4 Å². The van der Waals surface area contributed by atoms with Crippen molar-refractivity contribution in [1.29, 1.82) is 0 Å². The van der Waals surface area contributed by atoms with Crippen LogP contribution in [0.4, 0.5) is 0 Å². The van der Waals surface area contributed by atoms with E-state index in [-0.39, 0.29) is 17.8 Å². The summed E-state index contributed by atoms with van der Waals surface area (Å²) in [6.07, 6.45) is 0. The summed E-state index contributed by atoms with van der Waals surface area (Å²) in [7, 11) is 0. The standard InChI is InChI=1S/C17H17ClN2O3S/c1-4-23-16(22)13-9(2)19-17-20(15(21)10(3)24-17)14(13)11-5-7-12(18)8-6-11/h5-8,10,14H,4H2,1-3H3/t10-,14+/m0/s1. The maximum absolute atomic E-state index is 12.6. The number of benzene rings is 1. The van der Waals surface area contributed by atoms with Gasteiger partial charge in [0.05, 0.1) is 29.2 Å². The number of carbonyl (C=O) groups is 2. The zero-order valence-corrected chi connectivity index (χ0v) is 15.1. The third-order valence-corrected chi connectivity index (χ3v) is 5.25. The molecule has 1 amide bonds. The number of thioether (sulfide) groups is 1. The SMILES string of the molecule is CCOC(=O)C1=C(C)N=C2S[C@@H](C)C(=O)N2[C@@H]1c1ccc(Cl)cc1. The first kappa shape index (κ1) is 17.0. The van der Waals surface area contributed by atoms with E-state index < -0.39 is 12.0 Å². The highest BCUT2D eigenvalue weighted by atomic mass is 35.5. The van der Waals surface area contributed by atoms with Gasteiger partial charge in [0.25, 0.3) is 0 Å². The number of fused-ring (bicyclic) bond motifs is 1. The van der Waals surface area contributed by atoms with Crippen LogP contribution in [0, 0.1) is 0 Å². The highest BCUT2D eigenvalue weighted by Gasteiger charge is 2.46. The van der Waals surface area contributed by atoms with Crippen molar-refractivity contribution in [3.8, 4) is 0 Å². The molecule has 0 unspecified atom stereocenters. The summed E-state index contributed by atoms with van der Waals surface area (Å²) in [6, 6.07) is 6.60. The Kier molecular flexibility index (Phi) is 4.69. The van der Waals surface area contributed by atoms with Gasteiger partial charge < -0.3 is 4.74 Å². The molecule has 0 aliphatic carbocycles. The van der Waals surface area contributed by atoms with Crippen LogP contribution in [0.3, 0.4) is 0 Å². The second-order valence-corrected chi connectivity index (χ2v) is 7.28. The molecule has 0 bridgehead atoms. The molecule has 1 aromatic carbocycles. The molecule has 0 saturated carbocycles. The van der Waals surface area contributed by atoms with E-state index in [4.69, 9.17) is 16.3 Å². The molecule has 2 atom stereocenters. The predicted octanol–water partition coefficient (Wildman–Crippen LogP) is 3.55. The first-order valence-electron chi connectivity index (χ1n) is 7.65. The number of nitrogens with zero attached hydrogens (tertiary/aromatic N) is 2. The lowest BCUT2D eigenvalue weighted by atomic mass is 9.94. The van der Waals surface area contributed by atoms with Crippen LogP contribution in [0.1, 0.15) is 32.4 Å². The third-order valence-electron chi connectivity index (χ3n) is 3.94. The van der Waals surface area contributed by atoms with Crippen molar-refractivity contribution in [1.82, 2.24) is 4.90 Å². The Morgan fingerprint density at radius 2 is 2.04 bits per heavy atom. The Labute approximate surface area is 149 Å². The molecule has 0 spiro atoms. The maximum Gasteiger partial charge on any atom is 0.338 e. The van der Waals surface area contributed by atoms with Gasteiger partial charge in [-0.2, -0.15) is 0 Å². The van der Waals surface area contributed by atoms with Crippen LogP contribution in [0.15, 0.2) is 40.5 Å². The highest BCUT2D eigenvalue weighted by molar-refractivity contribution is 8.15. The van der Waals surface area contributed by atoms with Crippen LogP contribution in [0.25, 0.3) is 0 Å². The van der Waals surface area contributed by atoms with Gasteiger partial charge in [0, 0.05) is 5.02 Å². The predicted molar refractivity (Wildman–Crippen MR) is 94.9 cm³/mol. The number of rotatable bonds is 3. The number of carbonyl (C=O) groups excluding carboxylic acids is 2. The zero-order chi connectivity index (χ0) is 17.4. The zero-order valence-electron chi connectivity index (χ0n) is 13.6. The molecule has 7 heteroatoms. The quantitative estimate of drug-likeness (QED) is 0.769. The molecule has 0 N–H and O–H groups in total. The largest absolute Gasteiger partial charge is 0.463 e. The topological polar surface area (TPSA) is 59.0 Å². The van der Waals surface area contributed by atoms with Crippen molar-refractivity contribution in [3.05, 3.63) is 46.1 Å². The van der Waals surface area contributed by atoms with Gasteiger partial charge in [-0.25, -0.2) is 9.79 Å². The van der Waals surface area contributed by atoms with E-state index in [1.807, 2.05) is 19.1 Å². The van der Waals surface area contributed by atoms with Gasteiger partial charge in [-0.05, 0) is 38.5 Å². The van der Waals surface area contributed by atoms with Crippen LogP contribution in [-0.2, 0) is 14.3 Å². The molecule has 24 heavy (non-hydrogen) atoms. The molecule has 1 saturated heterocycles. The summed E-state index contributed by atoms with van der Waals surface area (Å²) in [4.78, 5) is 31.2. The van der Waals surface area contributed by atoms with Crippen molar-refractivity contribution in [2.75, 3.05) is 6.61 Å². The molecule has 1 aromatic rings. The van der Waals surface area contributed by atoms with Crippen molar-refractivity contribution in [2.45, 2.75) is 32.1 Å². The number of amidine groups is 1. The van der Waals surface area contributed by atoms with Gasteiger partial charge in [-0.15, -0.1) is 0 Å². The summed E-state index contributed by atoms with van der Waals surface area (Å²) in [5.74, 6) is -0.511. The van der Waals surface area contributed by atoms with E-state index in [0.29, 0.717) is 21.5 Å². The molecule has 3 rings (SSSR count). The highest BCUT2D eigenvalue weighted by Crippen LogP contribution is 2.43. The third kappa shape index (κ3) is 2.84. The van der Waals surface area contributed by atoms with Gasteiger partial charge >= 0.3 is 5.97 Å². The first-order chi connectivity index (χ1) is 11.4. The number of hydrogen-bond acceptors (Lipinski definition) is 5. The Morgan fingerprint density at radius 1 is 1.38 bits per heavy atom. The average molecular weight is 365 g/mol. The lowest BCUT2D eigenvalue weighted by Crippen LogP contribution is -2.40. The smallest absolute Gasteiger partial charge is 0.338 e. The van der Waals surface area contributed by atoms with Crippen molar-refractivity contribution >= 4 is 40.4 Å². The molecule has 126 valence electrons. The van der Waals surface area contributed by atoms with E-state index in [1.165, 1.54) is 11.8 Å². The molecule has 0 aromatic heterocycles. The number of halogens is 1. The second-order valence-electron chi connectivity index (χ2n) is 5.54. The van der Waals surface area contributed by atoms with E-state index in [1.54, 1.807) is 30.9 Å². The van der Waals surface area contributed by atoms with Gasteiger partial charge in [-0.1, -0.05) is 35.5 Å². The van der Waals surface area contributed by atoms with Crippen LogP contribution in [0.2, 0.25) is 5.02 Å². The second kappa shape index (κ2) is 6.61. The number of ether oxygens (including phenoxy) is 1. The lowest BCUT2D eigenvalue weighted by Gasteiger charge is -2.33. The van der Waals surface area contributed by atoms with Crippen LogP contribution < -0.4 is 0 Å². The first-order valence-corrected chi connectivity index (χ1v) is 8.91. The van der Waals surface area contributed by atoms with Crippen molar-refractivity contribution in [2.24, 2.45) is 4.99 Å². The van der Waals surface area contributed by atoms with Gasteiger partial charge in [0.2, 0.25) is 5.91 Å². The Hall–Kier alpha value is -1.79. The van der Waals surface area contributed by atoms with E-state index in [0.717, 1.165) is 5.56 Å². The number of amides is 1. The summed E-state index contributed by atoms with van der Waals surface area (Å²) in [5, 5.41) is 0.989. The van der Waals surface area contributed by atoms with Gasteiger partial charge in [0.1, 0.15) is 0 Å². The number of esters is 1. The normalized spacial score (nSPS) is 23.2. The van der Waals surface area contributed by atoms with E-state index in [9.17, 15) is 9.59 Å². The van der Waals surface area contributed by atoms with Crippen LogP contribution in [-0.4, -0.2) is 33.8 Å². The molecule has 2 aliphatic heterocycles. The van der Waals surface area contributed by atoms with Gasteiger partial charge in [0.15, 0.2) is 5.17 Å². The average Bonchev–Trinajstić information content (AvgIpc) is 2.81. The fraction of sp³-hybridized carbons (Fsp3) is 0.353. The molecule has 2 heterocycles. The Morgan fingerprint density at radius 3 is 2.67 bits per heavy atom. The summed E-state index contributed by atoms with van der Waals surface area (Å²) >= 11 is 7.38. The molecule has 1 fully saturated rings. The van der Waals surface area contributed by atoms with Crippen LogP contribution in [0.5, 0.6) is 0 Å². The minimum absolute atomic E-state index is 0.0620. The fourth-order valence-corrected chi connectivity index (χ4v) is 3.99. The minimum Gasteiger partial charge on any atom is -0.463 e.